The van der Waals surface area contributed by atoms with Crippen LogP contribution in [0.1, 0.15) is 6.42 Å². The van der Waals surface area contributed by atoms with Crippen molar-refractivity contribution in [2.75, 3.05) is 6.61 Å². The number of carbonyl (C=O) groups is 1. The maximum atomic E-state index is 11.5. The fourth-order valence-corrected chi connectivity index (χ4v) is 1.77. The highest BCUT2D eigenvalue weighted by Gasteiger charge is 2.38. The van der Waals surface area contributed by atoms with Crippen molar-refractivity contribution < 1.29 is 24.9 Å². The topological polar surface area (TPSA) is 102 Å². The lowest BCUT2D eigenvalue weighted by Crippen LogP contribution is -2.49. The van der Waals surface area contributed by atoms with Gasteiger partial charge in [-0.15, -0.1) is 0 Å². The van der Waals surface area contributed by atoms with Crippen LogP contribution in [0.15, 0.2) is 12.3 Å². The minimum atomic E-state index is -0.997. The Hall–Kier alpha value is -1.15. The van der Waals surface area contributed by atoms with Crippen LogP contribution >= 0.6 is 0 Å². The van der Waals surface area contributed by atoms with Gasteiger partial charge in [-0.25, -0.2) is 4.79 Å². The first-order valence-corrected chi connectivity index (χ1v) is 5.01. The second kappa shape index (κ2) is 4.38. The molecule has 2 rings (SSSR count). The predicted octanol–water partition coefficient (Wildman–Crippen LogP) is -1.69. The first-order valence-electron chi connectivity index (χ1n) is 5.01. The number of hydrogen-bond acceptors (Lipinski definition) is 5. The number of aliphatic hydroxyl groups is 3. The Labute approximate surface area is 91.9 Å². The largest absolute Gasteiger partial charge is 0.394 e. The molecule has 16 heavy (non-hydrogen) atoms. The molecule has 1 saturated heterocycles. The smallest absolute Gasteiger partial charge is 0.325 e. The number of nitrogens with one attached hydrogen (secondary N) is 1. The van der Waals surface area contributed by atoms with Crippen molar-refractivity contribution in [1.82, 2.24) is 10.2 Å². The molecule has 2 aliphatic heterocycles. The summed E-state index contributed by atoms with van der Waals surface area (Å²) in [6, 6.07) is -0.495. The standard InChI is InChI=1S/C9H14N2O5/c12-4-6-5(13)3-8(16-6)11-2-1-7(14)10-9(11)15/h1-2,5-8,12-14H,3-4H2,(H,10,15)/t5-,6+,7?,8+/m0/s1. The monoisotopic (exact) mass is 230 g/mol. The first-order chi connectivity index (χ1) is 7.61. The minimum absolute atomic E-state index is 0.235. The molecule has 90 valence electrons. The second-order valence-corrected chi connectivity index (χ2v) is 3.76. The van der Waals surface area contributed by atoms with Crippen molar-refractivity contribution in [3.8, 4) is 0 Å². The molecule has 7 heteroatoms. The lowest BCUT2D eigenvalue weighted by atomic mass is 10.2. The molecule has 2 amide bonds. The third-order valence-electron chi connectivity index (χ3n) is 2.63. The van der Waals surface area contributed by atoms with Crippen LogP contribution in [-0.4, -0.2) is 57.5 Å². The van der Waals surface area contributed by atoms with E-state index in [2.05, 4.69) is 5.32 Å². The number of hydrogen-bond donors (Lipinski definition) is 4. The zero-order valence-corrected chi connectivity index (χ0v) is 8.48. The van der Waals surface area contributed by atoms with Gasteiger partial charge < -0.3 is 25.4 Å². The van der Waals surface area contributed by atoms with Crippen molar-refractivity contribution in [3.63, 3.8) is 0 Å². The number of nitrogens with zero attached hydrogens (tertiary/aromatic N) is 1. The Morgan fingerprint density at radius 2 is 2.31 bits per heavy atom. The van der Waals surface area contributed by atoms with Gasteiger partial charge in [0.2, 0.25) is 0 Å². The average Bonchev–Trinajstić information content (AvgIpc) is 2.59. The predicted molar refractivity (Wildman–Crippen MR) is 51.9 cm³/mol. The highest BCUT2D eigenvalue weighted by atomic mass is 16.5. The van der Waals surface area contributed by atoms with Gasteiger partial charge in [-0.1, -0.05) is 0 Å². The van der Waals surface area contributed by atoms with Crippen LogP contribution in [0.4, 0.5) is 4.79 Å². The summed E-state index contributed by atoms with van der Waals surface area (Å²) in [5.41, 5.74) is 0. The Morgan fingerprint density at radius 1 is 1.56 bits per heavy atom. The molecule has 7 nitrogen and oxygen atoms in total. The van der Waals surface area contributed by atoms with Gasteiger partial charge in [0, 0.05) is 12.6 Å². The molecule has 2 heterocycles. The molecule has 1 unspecified atom stereocenters. The van der Waals surface area contributed by atoms with E-state index in [0.717, 1.165) is 0 Å². The van der Waals surface area contributed by atoms with Crippen molar-refractivity contribution in [2.24, 2.45) is 0 Å². The van der Waals surface area contributed by atoms with Gasteiger partial charge >= 0.3 is 6.03 Å². The van der Waals surface area contributed by atoms with Crippen molar-refractivity contribution in [2.45, 2.75) is 31.1 Å². The number of rotatable bonds is 2. The van der Waals surface area contributed by atoms with Gasteiger partial charge in [-0.3, -0.25) is 4.90 Å². The van der Waals surface area contributed by atoms with Crippen LogP contribution in [0.25, 0.3) is 0 Å². The number of urea groups is 1. The summed E-state index contributed by atoms with van der Waals surface area (Å²) >= 11 is 0. The zero-order valence-electron chi connectivity index (χ0n) is 8.48. The lowest BCUT2D eigenvalue weighted by molar-refractivity contribution is -0.0555. The molecule has 0 aromatic carbocycles. The van der Waals surface area contributed by atoms with E-state index in [1.165, 1.54) is 17.2 Å². The molecular weight excluding hydrogens is 216 g/mol. The van der Waals surface area contributed by atoms with Gasteiger partial charge in [0.05, 0.1) is 12.7 Å². The maximum Gasteiger partial charge on any atom is 0.325 e. The summed E-state index contributed by atoms with van der Waals surface area (Å²) in [7, 11) is 0. The van der Waals surface area contributed by atoms with Crippen molar-refractivity contribution >= 4 is 6.03 Å². The Bertz CT molecular complexity index is 308. The maximum absolute atomic E-state index is 11.5. The van der Waals surface area contributed by atoms with Crippen LogP contribution in [0.2, 0.25) is 0 Å². The third-order valence-corrected chi connectivity index (χ3v) is 2.63. The number of amides is 2. The van der Waals surface area contributed by atoms with Crippen LogP contribution < -0.4 is 5.32 Å². The van der Waals surface area contributed by atoms with E-state index in [4.69, 9.17) is 14.9 Å². The first kappa shape index (κ1) is 11.3. The van der Waals surface area contributed by atoms with Gasteiger partial charge in [0.25, 0.3) is 0 Å². The van der Waals surface area contributed by atoms with Gasteiger partial charge in [0.15, 0.2) is 0 Å². The molecule has 1 fully saturated rings. The molecule has 0 aliphatic carbocycles. The molecule has 4 atom stereocenters. The van der Waals surface area contributed by atoms with E-state index in [9.17, 15) is 9.90 Å². The highest BCUT2D eigenvalue weighted by molar-refractivity contribution is 5.77. The van der Waals surface area contributed by atoms with Crippen LogP contribution in [-0.2, 0) is 4.74 Å². The molecular formula is C9H14N2O5. The second-order valence-electron chi connectivity index (χ2n) is 3.76. The van der Waals surface area contributed by atoms with E-state index in [-0.39, 0.29) is 13.0 Å². The van der Waals surface area contributed by atoms with Crippen molar-refractivity contribution in [1.29, 1.82) is 0 Å². The van der Waals surface area contributed by atoms with Crippen LogP contribution in [0.3, 0.4) is 0 Å². The van der Waals surface area contributed by atoms with Gasteiger partial charge in [-0.05, 0) is 6.08 Å². The van der Waals surface area contributed by atoms with E-state index >= 15 is 0 Å². The van der Waals surface area contributed by atoms with Crippen molar-refractivity contribution in [3.05, 3.63) is 12.3 Å². The molecule has 2 aliphatic rings. The highest BCUT2D eigenvalue weighted by Crippen LogP contribution is 2.24. The number of ether oxygens (including phenoxy) is 1. The van der Waals surface area contributed by atoms with Gasteiger partial charge in [-0.2, -0.15) is 0 Å². The fourth-order valence-electron chi connectivity index (χ4n) is 1.77. The zero-order chi connectivity index (χ0) is 11.7. The third kappa shape index (κ3) is 2.03. The fraction of sp³-hybridized carbons (Fsp3) is 0.667. The Kier molecular flexibility index (Phi) is 3.10. The van der Waals surface area contributed by atoms with E-state index < -0.39 is 30.7 Å². The normalized spacial score (nSPS) is 38.9. The molecule has 4 N–H and O–H groups in total. The summed E-state index contributed by atoms with van der Waals surface area (Å²) in [6.07, 6.45) is -0.0379. The summed E-state index contributed by atoms with van der Waals surface area (Å²) < 4.78 is 5.30. The van der Waals surface area contributed by atoms with E-state index in [0.29, 0.717) is 0 Å². The number of aliphatic hydroxyl groups excluding tert-OH is 3. The van der Waals surface area contributed by atoms with E-state index in [1.54, 1.807) is 0 Å². The van der Waals surface area contributed by atoms with Crippen LogP contribution in [0.5, 0.6) is 0 Å². The number of carbonyl (C=O) groups excluding carboxylic acids is 1. The Morgan fingerprint density at radius 3 is 2.88 bits per heavy atom. The molecule has 0 spiro atoms. The van der Waals surface area contributed by atoms with E-state index in [1.807, 2.05) is 0 Å². The van der Waals surface area contributed by atoms with Crippen LogP contribution in [0, 0.1) is 0 Å². The van der Waals surface area contributed by atoms with Gasteiger partial charge in [0.1, 0.15) is 18.6 Å². The molecule has 0 bridgehead atoms. The summed E-state index contributed by atoms with van der Waals surface area (Å²) in [5, 5.41) is 29.8. The quantitative estimate of drug-likeness (QED) is 0.453. The summed E-state index contributed by atoms with van der Waals surface area (Å²) in [6.45, 7) is -0.292. The Balaban J connectivity index is 2.04. The molecule has 0 aromatic heterocycles. The molecule has 0 saturated carbocycles. The lowest BCUT2D eigenvalue weighted by Gasteiger charge is -2.29. The molecule has 0 aromatic rings. The minimum Gasteiger partial charge on any atom is -0.394 e. The summed E-state index contributed by atoms with van der Waals surface area (Å²) in [5.74, 6) is 0. The summed E-state index contributed by atoms with van der Waals surface area (Å²) in [4.78, 5) is 12.7. The SMILES string of the molecule is O=C1NC(O)C=CN1[C@H]1C[C@H](O)[C@@H](CO)O1. The molecule has 0 radical (unpaired) electrons. The average molecular weight is 230 g/mol.